The molecule has 1 heterocycles. The second-order valence-electron chi connectivity index (χ2n) is 6.36. The smallest absolute Gasteiger partial charge is 0.325 e. The lowest BCUT2D eigenvalue weighted by Gasteiger charge is -2.30. The van der Waals surface area contributed by atoms with Gasteiger partial charge in [-0.15, -0.1) is 0 Å². The van der Waals surface area contributed by atoms with Crippen molar-refractivity contribution in [3.05, 3.63) is 18.2 Å². The molecule has 0 aliphatic heterocycles. The zero-order chi connectivity index (χ0) is 16.0. The normalized spacial score (nSPS) is 14.5. The van der Waals surface area contributed by atoms with Crippen molar-refractivity contribution in [1.29, 1.82) is 0 Å². The first kappa shape index (κ1) is 17.7. The third kappa shape index (κ3) is 4.84. The molecular formula is C16H29N3O2. The topological polar surface area (TPSA) is 56.2 Å². The highest BCUT2D eigenvalue weighted by molar-refractivity contribution is 5.80. The summed E-state index contributed by atoms with van der Waals surface area (Å²) in [6.07, 6.45) is 5.46. The fraction of sp³-hybridized carbons (Fsp3) is 0.750. The van der Waals surface area contributed by atoms with Crippen molar-refractivity contribution < 1.29 is 9.53 Å². The quantitative estimate of drug-likeness (QED) is 0.749. The summed E-state index contributed by atoms with van der Waals surface area (Å²) in [4.78, 5) is 16.4. The summed E-state index contributed by atoms with van der Waals surface area (Å²) in [6.45, 7) is 11.1. The Kier molecular flexibility index (Phi) is 6.40. The predicted octanol–water partition coefficient (Wildman–Crippen LogP) is 2.72. The number of carbonyl (C=O) groups excluding carboxylic acids is 1. The number of rotatable bonds is 8. The van der Waals surface area contributed by atoms with Gasteiger partial charge in [-0.05, 0) is 33.6 Å². The van der Waals surface area contributed by atoms with E-state index in [1.807, 2.05) is 33.2 Å². The molecule has 1 N–H and O–H groups in total. The molecule has 1 aromatic rings. The van der Waals surface area contributed by atoms with Gasteiger partial charge < -0.3 is 9.30 Å². The summed E-state index contributed by atoms with van der Waals surface area (Å²) >= 11 is 0. The van der Waals surface area contributed by atoms with Gasteiger partial charge in [-0.25, -0.2) is 4.98 Å². The van der Waals surface area contributed by atoms with Crippen LogP contribution in [-0.4, -0.2) is 34.2 Å². The summed E-state index contributed by atoms with van der Waals surface area (Å²) in [5.41, 5.74) is -0.637. The molecule has 0 aromatic carbocycles. The van der Waals surface area contributed by atoms with Crippen molar-refractivity contribution in [2.75, 3.05) is 7.11 Å². The molecule has 0 aliphatic carbocycles. The van der Waals surface area contributed by atoms with Gasteiger partial charge in [0.25, 0.3) is 0 Å². The number of aryl methyl sites for hydroxylation is 1. The highest BCUT2D eigenvalue weighted by Crippen LogP contribution is 2.18. The molecule has 0 saturated heterocycles. The Morgan fingerprint density at radius 2 is 2.10 bits per heavy atom. The molecule has 1 atom stereocenters. The van der Waals surface area contributed by atoms with E-state index in [0.717, 1.165) is 25.2 Å². The summed E-state index contributed by atoms with van der Waals surface area (Å²) in [7, 11) is 1.44. The van der Waals surface area contributed by atoms with Crippen LogP contribution in [0, 0.1) is 0 Å². The van der Waals surface area contributed by atoms with E-state index in [4.69, 9.17) is 4.74 Å². The molecule has 0 amide bonds. The molecule has 21 heavy (non-hydrogen) atoms. The number of imidazole rings is 1. The van der Waals surface area contributed by atoms with Crippen molar-refractivity contribution in [1.82, 2.24) is 14.9 Å². The number of hydrogen-bond donors (Lipinski definition) is 1. The van der Waals surface area contributed by atoms with Crippen LogP contribution in [0.2, 0.25) is 0 Å². The third-order valence-electron chi connectivity index (χ3n) is 3.58. The average molecular weight is 295 g/mol. The predicted molar refractivity (Wildman–Crippen MR) is 84.2 cm³/mol. The number of nitrogens with zero attached hydrogens (tertiary/aromatic N) is 2. The van der Waals surface area contributed by atoms with E-state index in [1.165, 1.54) is 7.11 Å². The summed E-state index contributed by atoms with van der Waals surface area (Å²) in [5.74, 6) is 1.29. The summed E-state index contributed by atoms with van der Waals surface area (Å²) < 4.78 is 7.11. The number of ether oxygens (including phenoxy) is 1. The Morgan fingerprint density at radius 3 is 2.62 bits per heavy atom. The molecule has 5 heteroatoms. The largest absolute Gasteiger partial charge is 0.468 e. The van der Waals surface area contributed by atoms with Crippen LogP contribution in [0.4, 0.5) is 0 Å². The molecule has 0 radical (unpaired) electrons. The van der Waals surface area contributed by atoms with Crippen molar-refractivity contribution in [2.45, 2.75) is 71.5 Å². The van der Waals surface area contributed by atoms with Gasteiger partial charge in [0, 0.05) is 30.9 Å². The monoisotopic (exact) mass is 295 g/mol. The van der Waals surface area contributed by atoms with Crippen molar-refractivity contribution in [3.8, 4) is 0 Å². The molecular weight excluding hydrogens is 266 g/mol. The summed E-state index contributed by atoms with van der Waals surface area (Å²) in [6, 6.07) is 0.230. The standard InChI is InChI=1S/C16H29N3O2/c1-12(2)14-17-9-11-19(14)10-7-8-16(5,15(20)21-6)18-13(3)4/h9,11-13,18H,7-8,10H2,1-6H3. The number of carbonyl (C=O) groups is 1. The molecule has 5 nitrogen and oxygen atoms in total. The van der Waals surface area contributed by atoms with E-state index in [1.54, 1.807) is 0 Å². The molecule has 0 fully saturated rings. The number of aromatic nitrogens is 2. The number of esters is 1. The van der Waals surface area contributed by atoms with E-state index < -0.39 is 5.54 Å². The van der Waals surface area contributed by atoms with Gasteiger partial charge in [0.1, 0.15) is 11.4 Å². The van der Waals surface area contributed by atoms with Crippen LogP contribution in [0.5, 0.6) is 0 Å². The Labute approximate surface area is 128 Å². The SMILES string of the molecule is COC(=O)C(C)(CCCn1ccnc1C(C)C)NC(C)C. The summed E-state index contributed by atoms with van der Waals surface area (Å²) in [5, 5.41) is 3.32. The fourth-order valence-electron chi connectivity index (χ4n) is 2.71. The maximum absolute atomic E-state index is 12.0. The number of nitrogens with one attached hydrogen (secondary N) is 1. The first-order chi connectivity index (χ1) is 9.80. The molecule has 1 rings (SSSR count). The van der Waals surface area contributed by atoms with Crippen molar-refractivity contribution >= 4 is 5.97 Å². The van der Waals surface area contributed by atoms with Gasteiger partial charge in [0.2, 0.25) is 0 Å². The lowest BCUT2D eigenvalue weighted by Crippen LogP contribution is -2.53. The van der Waals surface area contributed by atoms with E-state index >= 15 is 0 Å². The molecule has 0 saturated carbocycles. The van der Waals surface area contributed by atoms with Gasteiger partial charge in [-0.2, -0.15) is 0 Å². The van der Waals surface area contributed by atoms with Crippen LogP contribution < -0.4 is 5.32 Å². The molecule has 0 bridgehead atoms. The maximum atomic E-state index is 12.0. The van der Waals surface area contributed by atoms with Crippen LogP contribution in [0.15, 0.2) is 12.4 Å². The maximum Gasteiger partial charge on any atom is 0.325 e. The Morgan fingerprint density at radius 1 is 1.43 bits per heavy atom. The molecule has 1 unspecified atom stereocenters. The Balaban J connectivity index is 2.65. The second-order valence-corrected chi connectivity index (χ2v) is 6.36. The highest BCUT2D eigenvalue weighted by atomic mass is 16.5. The third-order valence-corrected chi connectivity index (χ3v) is 3.58. The fourth-order valence-corrected chi connectivity index (χ4v) is 2.71. The van der Waals surface area contributed by atoms with E-state index in [9.17, 15) is 4.79 Å². The molecule has 0 aliphatic rings. The molecule has 1 aromatic heterocycles. The minimum absolute atomic E-state index is 0.203. The minimum atomic E-state index is -0.637. The van der Waals surface area contributed by atoms with Crippen molar-refractivity contribution in [2.24, 2.45) is 0 Å². The van der Waals surface area contributed by atoms with Crippen LogP contribution in [0.3, 0.4) is 0 Å². The van der Waals surface area contributed by atoms with Gasteiger partial charge in [-0.3, -0.25) is 10.1 Å². The van der Waals surface area contributed by atoms with E-state index in [-0.39, 0.29) is 12.0 Å². The van der Waals surface area contributed by atoms with E-state index in [2.05, 4.69) is 28.7 Å². The highest BCUT2D eigenvalue weighted by Gasteiger charge is 2.34. The minimum Gasteiger partial charge on any atom is -0.468 e. The lowest BCUT2D eigenvalue weighted by molar-refractivity contribution is -0.148. The molecule has 120 valence electrons. The average Bonchev–Trinajstić information content (AvgIpc) is 2.85. The number of hydrogen-bond acceptors (Lipinski definition) is 4. The van der Waals surface area contributed by atoms with Gasteiger partial charge >= 0.3 is 5.97 Å². The van der Waals surface area contributed by atoms with Crippen molar-refractivity contribution in [3.63, 3.8) is 0 Å². The zero-order valence-electron chi connectivity index (χ0n) is 14.1. The zero-order valence-corrected chi connectivity index (χ0v) is 14.1. The Hall–Kier alpha value is -1.36. The first-order valence-corrected chi connectivity index (χ1v) is 7.67. The van der Waals surface area contributed by atoms with Crippen LogP contribution in [0.25, 0.3) is 0 Å². The van der Waals surface area contributed by atoms with Crippen LogP contribution in [0.1, 0.15) is 59.2 Å². The van der Waals surface area contributed by atoms with Gasteiger partial charge in [0.15, 0.2) is 0 Å². The Bertz CT molecular complexity index is 454. The van der Waals surface area contributed by atoms with E-state index in [0.29, 0.717) is 5.92 Å². The van der Waals surface area contributed by atoms with Gasteiger partial charge in [-0.1, -0.05) is 13.8 Å². The second kappa shape index (κ2) is 7.59. The number of methoxy groups -OCH3 is 1. The van der Waals surface area contributed by atoms with Crippen LogP contribution >= 0.6 is 0 Å². The van der Waals surface area contributed by atoms with Gasteiger partial charge in [0.05, 0.1) is 7.11 Å². The van der Waals surface area contributed by atoms with Crippen LogP contribution in [-0.2, 0) is 16.1 Å². The molecule has 0 spiro atoms. The lowest BCUT2D eigenvalue weighted by atomic mass is 9.94. The first-order valence-electron chi connectivity index (χ1n) is 7.67.